The Balaban J connectivity index is 1.70. The van der Waals surface area contributed by atoms with Gasteiger partial charge in [-0.25, -0.2) is 4.98 Å². The number of amides is 1. The highest BCUT2D eigenvalue weighted by Crippen LogP contribution is 2.27. The van der Waals surface area contributed by atoms with E-state index < -0.39 is 0 Å². The average Bonchev–Trinajstić information content (AvgIpc) is 3.12. The van der Waals surface area contributed by atoms with Gasteiger partial charge < -0.3 is 9.80 Å². The summed E-state index contributed by atoms with van der Waals surface area (Å²) in [6.07, 6.45) is 1.45. The molecule has 0 bridgehead atoms. The lowest BCUT2D eigenvalue weighted by Gasteiger charge is -2.40. The maximum absolute atomic E-state index is 13.2. The highest BCUT2D eigenvalue weighted by atomic mass is 32.2. The zero-order valence-electron chi connectivity index (χ0n) is 14.1. The SMILES string of the molecule is CN1CCN(C(=O)c2cnc3n(c2=O)CCS3)[C@H](c2ccccc2)C1. The molecule has 0 aliphatic carbocycles. The van der Waals surface area contributed by atoms with Crippen LogP contribution in [-0.4, -0.2) is 57.7 Å². The lowest BCUT2D eigenvalue weighted by Crippen LogP contribution is -2.50. The average molecular weight is 356 g/mol. The first-order valence-corrected chi connectivity index (χ1v) is 9.41. The summed E-state index contributed by atoms with van der Waals surface area (Å²) in [6.45, 7) is 2.78. The van der Waals surface area contributed by atoms with Crippen LogP contribution in [0.5, 0.6) is 0 Å². The van der Waals surface area contributed by atoms with E-state index in [1.807, 2.05) is 35.2 Å². The Morgan fingerprint density at radius 3 is 2.80 bits per heavy atom. The van der Waals surface area contributed by atoms with Crippen molar-refractivity contribution in [2.24, 2.45) is 0 Å². The van der Waals surface area contributed by atoms with Crippen LogP contribution in [0.1, 0.15) is 22.0 Å². The molecule has 2 aliphatic rings. The van der Waals surface area contributed by atoms with Gasteiger partial charge in [0.25, 0.3) is 11.5 Å². The van der Waals surface area contributed by atoms with Gasteiger partial charge in [0.15, 0.2) is 5.16 Å². The van der Waals surface area contributed by atoms with Crippen molar-refractivity contribution in [3.05, 3.63) is 58.0 Å². The molecular formula is C18H20N4O2S. The second-order valence-corrected chi connectivity index (χ2v) is 7.51. The van der Waals surface area contributed by atoms with Crippen LogP contribution in [0.25, 0.3) is 0 Å². The third-order valence-electron chi connectivity index (χ3n) is 4.82. The van der Waals surface area contributed by atoms with Crippen molar-refractivity contribution in [3.8, 4) is 0 Å². The number of likely N-dealkylation sites (N-methyl/N-ethyl adjacent to an activating group) is 1. The molecule has 0 spiro atoms. The van der Waals surface area contributed by atoms with Gasteiger partial charge in [0, 0.05) is 38.1 Å². The molecule has 1 aromatic heterocycles. The zero-order chi connectivity index (χ0) is 17.4. The Kier molecular flexibility index (Phi) is 4.35. The molecule has 0 saturated carbocycles. The summed E-state index contributed by atoms with van der Waals surface area (Å²) in [7, 11) is 2.06. The molecule has 6 nitrogen and oxygen atoms in total. The molecule has 0 unspecified atom stereocenters. The third-order valence-corrected chi connectivity index (χ3v) is 5.79. The van der Waals surface area contributed by atoms with Gasteiger partial charge in [-0.05, 0) is 12.6 Å². The highest BCUT2D eigenvalue weighted by Gasteiger charge is 2.33. The molecule has 1 aromatic carbocycles. The fourth-order valence-corrected chi connectivity index (χ4v) is 4.36. The molecule has 130 valence electrons. The fourth-order valence-electron chi connectivity index (χ4n) is 3.44. The molecule has 2 aliphatic heterocycles. The summed E-state index contributed by atoms with van der Waals surface area (Å²) in [6, 6.07) is 9.95. The summed E-state index contributed by atoms with van der Waals surface area (Å²) in [5.41, 5.74) is 1.05. The van der Waals surface area contributed by atoms with E-state index in [-0.39, 0.29) is 23.1 Å². The van der Waals surface area contributed by atoms with Crippen LogP contribution in [0.3, 0.4) is 0 Å². The Morgan fingerprint density at radius 1 is 1.20 bits per heavy atom. The zero-order valence-corrected chi connectivity index (χ0v) is 14.9. The molecule has 1 fully saturated rings. The van der Waals surface area contributed by atoms with Gasteiger partial charge in [-0.1, -0.05) is 42.1 Å². The molecular weight excluding hydrogens is 336 g/mol. The van der Waals surface area contributed by atoms with E-state index >= 15 is 0 Å². The molecule has 0 N–H and O–H groups in total. The number of carbonyl (C=O) groups is 1. The van der Waals surface area contributed by atoms with E-state index in [1.54, 1.807) is 16.3 Å². The van der Waals surface area contributed by atoms with Crippen LogP contribution < -0.4 is 5.56 Å². The Bertz CT molecular complexity index is 852. The molecule has 1 saturated heterocycles. The van der Waals surface area contributed by atoms with Crippen LogP contribution in [0.2, 0.25) is 0 Å². The van der Waals surface area contributed by atoms with E-state index in [0.29, 0.717) is 18.2 Å². The van der Waals surface area contributed by atoms with Gasteiger partial charge >= 0.3 is 0 Å². The number of hydrogen-bond donors (Lipinski definition) is 0. The number of piperazine rings is 1. The van der Waals surface area contributed by atoms with Crippen LogP contribution >= 0.6 is 11.8 Å². The number of carbonyl (C=O) groups excluding carboxylic acids is 1. The molecule has 1 atom stereocenters. The summed E-state index contributed by atoms with van der Waals surface area (Å²) >= 11 is 1.56. The Morgan fingerprint density at radius 2 is 2.00 bits per heavy atom. The first kappa shape index (κ1) is 16.4. The van der Waals surface area contributed by atoms with E-state index in [9.17, 15) is 9.59 Å². The van der Waals surface area contributed by atoms with Gasteiger partial charge in [-0.3, -0.25) is 14.2 Å². The maximum Gasteiger partial charge on any atom is 0.267 e. The predicted octanol–water partition coefficient (Wildman–Crippen LogP) is 1.48. The molecule has 0 radical (unpaired) electrons. The van der Waals surface area contributed by atoms with E-state index in [1.165, 1.54) is 6.20 Å². The summed E-state index contributed by atoms with van der Waals surface area (Å²) in [4.78, 5) is 34.2. The van der Waals surface area contributed by atoms with Crippen LogP contribution in [-0.2, 0) is 6.54 Å². The van der Waals surface area contributed by atoms with Crippen molar-refractivity contribution in [1.29, 1.82) is 0 Å². The summed E-state index contributed by atoms with van der Waals surface area (Å²) in [5, 5.41) is 0.708. The maximum atomic E-state index is 13.2. The lowest BCUT2D eigenvalue weighted by atomic mass is 10.0. The quantitative estimate of drug-likeness (QED) is 0.763. The van der Waals surface area contributed by atoms with Gasteiger partial charge in [0.2, 0.25) is 0 Å². The third kappa shape index (κ3) is 2.98. The van der Waals surface area contributed by atoms with Gasteiger partial charge in [-0.15, -0.1) is 0 Å². The number of fused-ring (bicyclic) bond motifs is 1. The van der Waals surface area contributed by atoms with E-state index in [2.05, 4.69) is 16.9 Å². The van der Waals surface area contributed by atoms with Gasteiger partial charge in [0.05, 0.1) is 6.04 Å². The van der Waals surface area contributed by atoms with E-state index in [0.717, 1.165) is 24.4 Å². The number of aromatic nitrogens is 2. The van der Waals surface area contributed by atoms with Crippen LogP contribution in [0.4, 0.5) is 0 Å². The fraction of sp³-hybridized carbons (Fsp3) is 0.389. The standard InChI is InChI=1S/C18H20N4O2S/c1-20-7-8-21(15(12-20)13-5-3-2-4-6-13)16(23)14-11-19-18-22(17(14)24)9-10-25-18/h2-6,11,15H,7-10,12H2,1H3/t15-/m0/s1. The smallest absolute Gasteiger partial charge is 0.267 e. The first-order chi connectivity index (χ1) is 12.1. The Labute approximate surface area is 150 Å². The van der Waals surface area contributed by atoms with Crippen molar-refractivity contribution < 1.29 is 4.79 Å². The second kappa shape index (κ2) is 6.65. The lowest BCUT2D eigenvalue weighted by molar-refractivity contribution is 0.0495. The normalized spacial score (nSPS) is 20.5. The largest absolute Gasteiger partial charge is 0.329 e. The number of nitrogens with zero attached hydrogens (tertiary/aromatic N) is 4. The highest BCUT2D eigenvalue weighted by molar-refractivity contribution is 7.99. The minimum absolute atomic E-state index is 0.0560. The van der Waals surface area contributed by atoms with Crippen molar-refractivity contribution in [3.63, 3.8) is 0 Å². The topological polar surface area (TPSA) is 58.4 Å². The predicted molar refractivity (Wildman–Crippen MR) is 96.9 cm³/mol. The van der Waals surface area contributed by atoms with Crippen molar-refractivity contribution in [2.45, 2.75) is 17.7 Å². The monoisotopic (exact) mass is 356 g/mol. The van der Waals surface area contributed by atoms with E-state index in [4.69, 9.17) is 0 Å². The number of thioether (sulfide) groups is 1. The van der Waals surface area contributed by atoms with Crippen LogP contribution in [0, 0.1) is 0 Å². The second-order valence-electron chi connectivity index (χ2n) is 6.45. The number of rotatable bonds is 2. The van der Waals surface area contributed by atoms with Crippen molar-refractivity contribution in [1.82, 2.24) is 19.4 Å². The molecule has 1 amide bonds. The minimum atomic E-state index is -0.217. The van der Waals surface area contributed by atoms with Crippen molar-refractivity contribution in [2.75, 3.05) is 32.4 Å². The number of hydrogen-bond acceptors (Lipinski definition) is 5. The minimum Gasteiger partial charge on any atom is -0.329 e. The molecule has 25 heavy (non-hydrogen) atoms. The summed E-state index contributed by atoms with van der Waals surface area (Å²) in [5.74, 6) is 0.618. The van der Waals surface area contributed by atoms with Crippen LogP contribution in [0.15, 0.2) is 46.5 Å². The first-order valence-electron chi connectivity index (χ1n) is 8.42. The molecule has 7 heteroatoms. The van der Waals surface area contributed by atoms with Gasteiger partial charge in [-0.2, -0.15) is 0 Å². The molecule has 4 rings (SSSR count). The number of benzene rings is 1. The molecule has 2 aromatic rings. The molecule has 3 heterocycles. The van der Waals surface area contributed by atoms with Gasteiger partial charge in [0.1, 0.15) is 5.56 Å². The Hall–Kier alpha value is -2.12. The summed E-state index contributed by atoms with van der Waals surface area (Å²) < 4.78 is 1.62. The van der Waals surface area contributed by atoms with Crippen molar-refractivity contribution >= 4 is 17.7 Å².